The van der Waals surface area contributed by atoms with Crippen LogP contribution in [0.15, 0.2) is 42.6 Å². The number of carbonyl (C=O) groups is 1. The highest BCUT2D eigenvalue weighted by atomic mass is 16.4. The zero-order chi connectivity index (χ0) is 19.4. The van der Waals surface area contributed by atoms with Crippen LogP contribution in [-0.2, 0) is 4.79 Å². The molecule has 0 unspecified atom stereocenters. The molecule has 0 radical (unpaired) electrons. The fourth-order valence-electron chi connectivity index (χ4n) is 2.90. The highest BCUT2D eigenvalue weighted by Crippen LogP contribution is 2.27. The van der Waals surface area contributed by atoms with E-state index in [1.54, 1.807) is 12.3 Å². The summed E-state index contributed by atoms with van der Waals surface area (Å²) in [6, 6.07) is 11.5. The summed E-state index contributed by atoms with van der Waals surface area (Å²) in [6.45, 7) is 5.86. The van der Waals surface area contributed by atoms with Gasteiger partial charge >= 0.3 is 5.97 Å². The van der Waals surface area contributed by atoms with Crippen molar-refractivity contribution in [3.63, 3.8) is 0 Å². The quantitative estimate of drug-likeness (QED) is 0.614. The number of aliphatic carboxylic acids is 1. The van der Waals surface area contributed by atoms with E-state index in [0.29, 0.717) is 17.2 Å². The second-order valence-electron chi connectivity index (χ2n) is 6.32. The Morgan fingerprint density at radius 1 is 1.04 bits per heavy atom. The summed E-state index contributed by atoms with van der Waals surface area (Å²) in [5, 5.41) is 15.0. The molecule has 7 nitrogen and oxygen atoms in total. The minimum Gasteiger partial charge on any atom is -0.480 e. The Labute approximate surface area is 157 Å². The van der Waals surface area contributed by atoms with Gasteiger partial charge in [0.15, 0.2) is 0 Å². The van der Waals surface area contributed by atoms with Crippen LogP contribution in [0.1, 0.15) is 16.7 Å². The molecule has 27 heavy (non-hydrogen) atoms. The number of benzene rings is 1. The van der Waals surface area contributed by atoms with Crippen LogP contribution in [0.4, 0.5) is 17.5 Å². The summed E-state index contributed by atoms with van der Waals surface area (Å²) in [5.74, 6) is -0.194. The van der Waals surface area contributed by atoms with Gasteiger partial charge in [0, 0.05) is 18.0 Å². The molecular formula is C20H21N5O2. The fourth-order valence-corrected chi connectivity index (χ4v) is 2.90. The Balaban J connectivity index is 2.01. The van der Waals surface area contributed by atoms with Gasteiger partial charge in [-0.3, -0.25) is 9.78 Å². The molecule has 0 aliphatic rings. The summed E-state index contributed by atoms with van der Waals surface area (Å²) >= 11 is 0. The molecule has 0 saturated heterocycles. The topological polar surface area (TPSA) is 100 Å². The molecule has 0 bridgehead atoms. The maximum absolute atomic E-state index is 10.9. The van der Waals surface area contributed by atoms with Crippen molar-refractivity contribution < 1.29 is 9.90 Å². The fraction of sp³-hybridized carbons (Fsp3) is 0.200. The third-order valence-electron chi connectivity index (χ3n) is 3.98. The molecule has 3 rings (SSSR count). The number of nitrogens with one attached hydrogen (secondary N) is 2. The predicted octanol–water partition coefficient (Wildman–Crippen LogP) is 3.70. The van der Waals surface area contributed by atoms with Crippen molar-refractivity contribution in [3.8, 4) is 11.4 Å². The van der Waals surface area contributed by atoms with Crippen molar-refractivity contribution in [1.82, 2.24) is 15.0 Å². The van der Waals surface area contributed by atoms with Crippen LogP contribution < -0.4 is 10.6 Å². The average molecular weight is 363 g/mol. The Morgan fingerprint density at radius 2 is 1.78 bits per heavy atom. The van der Waals surface area contributed by atoms with Crippen LogP contribution >= 0.6 is 0 Å². The zero-order valence-corrected chi connectivity index (χ0v) is 15.4. The number of anilines is 3. The van der Waals surface area contributed by atoms with Crippen molar-refractivity contribution in [3.05, 3.63) is 59.3 Å². The van der Waals surface area contributed by atoms with Crippen LogP contribution in [0.2, 0.25) is 0 Å². The molecule has 3 aromatic rings. The van der Waals surface area contributed by atoms with Gasteiger partial charge in [-0.2, -0.15) is 4.98 Å². The maximum atomic E-state index is 10.9. The molecule has 2 heterocycles. The first-order valence-corrected chi connectivity index (χ1v) is 8.53. The molecular weight excluding hydrogens is 342 g/mol. The van der Waals surface area contributed by atoms with E-state index in [2.05, 4.69) is 44.6 Å². The lowest BCUT2D eigenvalue weighted by Crippen LogP contribution is -2.15. The molecule has 2 aromatic heterocycles. The van der Waals surface area contributed by atoms with Crippen molar-refractivity contribution in [2.45, 2.75) is 20.8 Å². The summed E-state index contributed by atoms with van der Waals surface area (Å²) in [4.78, 5) is 24.0. The van der Waals surface area contributed by atoms with E-state index in [1.807, 2.05) is 32.0 Å². The van der Waals surface area contributed by atoms with Crippen LogP contribution in [0.3, 0.4) is 0 Å². The maximum Gasteiger partial charge on any atom is 0.322 e. The smallest absolute Gasteiger partial charge is 0.322 e. The molecule has 3 N–H and O–H groups in total. The normalized spacial score (nSPS) is 10.5. The lowest BCUT2D eigenvalue weighted by atomic mass is 10.1. The van der Waals surface area contributed by atoms with Crippen LogP contribution in [-0.4, -0.2) is 32.6 Å². The van der Waals surface area contributed by atoms with Crippen molar-refractivity contribution in [2.75, 3.05) is 17.2 Å². The van der Waals surface area contributed by atoms with Gasteiger partial charge in [-0.1, -0.05) is 23.8 Å². The van der Waals surface area contributed by atoms with Crippen LogP contribution in [0, 0.1) is 20.8 Å². The number of carboxylic acid groups (broad SMARTS) is 1. The van der Waals surface area contributed by atoms with Gasteiger partial charge in [0.1, 0.15) is 12.4 Å². The largest absolute Gasteiger partial charge is 0.480 e. The number of hydrogen-bond acceptors (Lipinski definition) is 6. The van der Waals surface area contributed by atoms with Crippen LogP contribution in [0.25, 0.3) is 11.4 Å². The third kappa shape index (κ3) is 4.58. The Hall–Kier alpha value is -3.48. The molecule has 0 aliphatic carbocycles. The first kappa shape index (κ1) is 18.3. The first-order chi connectivity index (χ1) is 12.9. The molecule has 0 fully saturated rings. The van der Waals surface area contributed by atoms with Crippen molar-refractivity contribution in [1.29, 1.82) is 0 Å². The Kier molecular flexibility index (Phi) is 5.30. The summed E-state index contributed by atoms with van der Waals surface area (Å²) in [6.07, 6.45) is 1.68. The van der Waals surface area contributed by atoms with E-state index in [0.717, 1.165) is 16.8 Å². The third-order valence-corrected chi connectivity index (χ3v) is 3.98. The average Bonchev–Trinajstić information content (AvgIpc) is 2.63. The molecule has 0 saturated carbocycles. The SMILES string of the molecule is Cc1cc(C)c(Nc2cc(-c3ccccn3)nc(NCC(=O)O)n2)c(C)c1. The number of carboxylic acids is 1. The monoisotopic (exact) mass is 363 g/mol. The van der Waals surface area contributed by atoms with E-state index < -0.39 is 5.97 Å². The van der Waals surface area contributed by atoms with E-state index in [1.165, 1.54) is 5.56 Å². The van der Waals surface area contributed by atoms with Gasteiger partial charge in [-0.05, 0) is 44.0 Å². The van der Waals surface area contributed by atoms with Crippen LogP contribution in [0.5, 0.6) is 0 Å². The summed E-state index contributed by atoms with van der Waals surface area (Å²) in [5.41, 5.74) is 5.64. The Morgan fingerprint density at radius 3 is 2.41 bits per heavy atom. The molecule has 1 aromatic carbocycles. The second-order valence-corrected chi connectivity index (χ2v) is 6.32. The first-order valence-electron chi connectivity index (χ1n) is 8.53. The van der Waals surface area contributed by atoms with E-state index in [-0.39, 0.29) is 12.5 Å². The molecule has 0 aliphatic heterocycles. The second kappa shape index (κ2) is 7.82. The number of aryl methyl sites for hydroxylation is 3. The van der Waals surface area contributed by atoms with Gasteiger partial charge < -0.3 is 15.7 Å². The van der Waals surface area contributed by atoms with Gasteiger partial charge in [0.05, 0.1) is 11.4 Å². The van der Waals surface area contributed by atoms with Crippen molar-refractivity contribution in [2.24, 2.45) is 0 Å². The lowest BCUT2D eigenvalue weighted by Gasteiger charge is -2.15. The predicted molar refractivity (Wildman–Crippen MR) is 105 cm³/mol. The highest BCUT2D eigenvalue weighted by Gasteiger charge is 2.11. The summed E-state index contributed by atoms with van der Waals surface area (Å²) < 4.78 is 0. The van der Waals surface area contributed by atoms with E-state index >= 15 is 0 Å². The molecule has 0 atom stereocenters. The molecule has 0 amide bonds. The number of aromatic nitrogens is 3. The zero-order valence-electron chi connectivity index (χ0n) is 15.4. The van der Waals surface area contributed by atoms with E-state index in [9.17, 15) is 4.79 Å². The van der Waals surface area contributed by atoms with E-state index in [4.69, 9.17) is 5.11 Å². The molecule has 138 valence electrons. The Bertz CT molecular complexity index is 950. The van der Waals surface area contributed by atoms with Gasteiger partial charge in [-0.25, -0.2) is 4.98 Å². The number of rotatable bonds is 6. The standard InChI is InChI=1S/C20H21N5O2/c1-12-8-13(2)19(14(3)9-12)24-17-10-16(15-6-4-5-7-21-15)23-20(25-17)22-11-18(26)27/h4-10H,11H2,1-3H3,(H,26,27)(H2,22,23,24,25). The highest BCUT2D eigenvalue weighted by molar-refractivity contribution is 5.73. The minimum atomic E-state index is -0.985. The number of hydrogen-bond donors (Lipinski definition) is 3. The van der Waals surface area contributed by atoms with Gasteiger partial charge in [0.2, 0.25) is 5.95 Å². The number of nitrogens with zero attached hydrogens (tertiary/aromatic N) is 3. The molecule has 7 heteroatoms. The summed E-state index contributed by atoms with van der Waals surface area (Å²) in [7, 11) is 0. The van der Waals surface area contributed by atoms with Gasteiger partial charge in [0.25, 0.3) is 0 Å². The number of pyridine rings is 1. The van der Waals surface area contributed by atoms with Crippen molar-refractivity contribution >= 4 is 23.4 Å². The minimum absolute atomic E-state index is 0.227. The van der Waals surface area contributed by atoms with Gasteiger partial charge in [-0.15, -0.1) is 0 Å². The molecule has 0 spiro atoms. The lowest BCUT2D eigenvalue weighted by molar-refractivity contribution is -0.134.